The van der Waals surface area contributed by atoms with Crippen molar-refractivity contribution in [1.82, 2.24) is 10.6 Å². The van der Waals surface area contributed by atoms with E-state index in [9.17, 15) is 9.90 Å². The molecule has 0 atom stereocenters. The average molecular weight is 370 g/mol. The van der Waals surface area contributed by atoms with Crippen molar-refractivity contribution in [3.63, 3.8) is 0 Å². The van der Waals surface area contributed by atoms with Gasteiger partial charge in [0.2, 0.25) is 0 Å². The summed E-state index contributed by atoms with van der Waals surface area (Å²) in [6, 6.07) is 0.342. The summed E-state index contributed by atoms with van der Waals surface area (Å²) in [5.41, 5.74) is 0.0681. The summed E-state index contributed by atoms with van der Waals surface area (Å²) >= 11 is 0. The molecule has 0 aromatic heterocycles. The third-order valence-corrected chi connectivity index (χ3v) is 5.75. The van der Waals surface area contributed by atoms with Gasteiger partial charge in [0, 0.05) is 25.7 Å². The average Bonchev–Trinajstić information content (AvgIpc) is 2.66. The number of esters is 1. The highest BCUT2D eigenvalue weighted by Crippen LogP contribution is 2.30. The molecule has 1 saturated carbocycles. The van der Waals surface area contributed by atoms with E-state index in [0.717, 1.165) is 57.5 Å². The van der Waals surface area contributed by atoms with Gasteiger partial charge in [-0.1, -0.05) is 13.8 Å². The molecule has 0 saturated heterocycles. The molecule has 0 aliphatic heterocycles. The van der Waals surface area contributed by atoms with E-state index < -0.39 is 0 Å². The molecule has 0 unspecified atom stereocenters. The van der Waals surface area contributed by atoms with Crippen LogP contribution in [0.15, 0.2) is 4.99 Å². The first-order valence-electron chi connectivity index (χ1n) is 10.4. The molecule has 0 aromatic rings. The smallest absolute Gasteiger partial charge is 0.308 e. The summed E-state index contributed by atoms with van der Waals surface area (Å²) in [7, 11) is 0. The van der Waals surface area contributed by atoms with E-state index in [-0.39, 0.29) is 23.9 Å². The fourth-order valence-corrected chi connectivity index (χ4v) is 3.64. The van der Waals surface area contributed by atoms with Crippen LogP contribution in [0.1, 0.15) is 72.6 Å². The van der Waals surface area contributed by atoms with Gasteiger partial charge in [-0.25, -0.2) is 0 Å². The van der Waals surface area contributed by atoms with Crippen molar-refractivity contribution in [2.75, 3.05) is 26.3 Å². The predicted molar refractivity (Wildman–Crippen MR) is 106 cm³/mol. The monoisotopic (exact) mass is 369 g/mol. The lowest BCUT2D eigenvalue weighted by molar-refractivity contribution is -0.149. The maximum Gasteiger partial charge on any atom is 0.308 e. The van der Waals surface area contributed by atoms with Crippen molar-refractivity contribution in [2.45, 2.75) is 78.7 Å². The standard InChI is InChI=1S/C20H39N3O3/c1-5-20(6-2,13-14-24)15-22-19(21-7-3)23-17-11-9-16(10-12-17)18(25)26-8-4/h16-17,24H,5-15H2,1-4H3,(H2,21,22,23). The maximum atomic E-state index is 11.9. The third kappa shape index (κ3) is 7.14. The lowest BCUT2D eigenvalue weighted by Gasteiger charge is -2.31. The van der Waals surface area contributed by atoms with E-state index in [1.165, 1.54) is 0 Å². The SMILES string of the molecule is CCNC(=NCC(CC)(CC)CCO)NC1CCC(C(=O)OCC)CC1. The summed E-state index contributed by atoms with van der Waals surface area (Å²) in [5, 5.41) is 16.3. The maximum absolute atomic E-state index is 11.9. The minimum atomic E-state index is -0.0498. The van der Waals surface area contributed by atoms with Crippen LogP contribution >= 0.6 is 0 Å². The number of hydrogen-bond donors (Lipinski definition) is 3. The number of carbonyl (C=O) groups excluding carboxylic acids is 1. The number of rotatable bonds is 10. The molecule has 1 aliphatic carbocycles. The summed E-state index contributed by atoms with van der Waals surface area (Å²) in [5.74, 6) is 0.840. The molecule has 0 spiro atoms. The van der Waals surface area contributed by atoms with Crippen LogP contribution in [-0.2, 0) is 9.53 Å². The number of hydrogen-bond acceptors (Lipinski definition) is 4. The van der Waals surface area contributed by atoms with E-state index >= 15 is 0 Å². The van der Waals surface area contributed by atoms with Gasteiger partial charge in [0.05, 0.1) is 12.5 Å². The molecule has 0 radical (unpaired) electrons. The molecule has 26 heavy (non-hydrogen) atoms. The quantitative estimate of drug-likeness (QED) is 0.313. The Morgan fingerprint density at radius 3 is 2.31 bits per heavy atom. The van der Waals surface area contributed by atoms with Crippen LogP contribution in [0.25, 0.3) is 0 Å². The fraction of sp³-hybridized carbons (Fsp3) is 0.900. The number of aliphatic imine (C=N–C) groups is 1. The van der Waals surface area contributed by atoms with Gasteiger partial charge in [-0.2, -0.15) is 0 Å². The normalized spacial score (nSPS) is 21.3. The zero-order chi connectivity index (χ0) is 19.4. The lowest BCUT2D eigenvalue weighted by Crippen LogP contribution is -2.46. The minimum Gasteiger partial charge on any atom is -0.466 e. The van der Waals surface area contributed by atoms with Crippen LogP contribution in [0.5, 0.6) is 0 Å². The van der Waals surface area contributed by atoms with Crippen LogP contribution in [0.3, 0.4) is 0 Å². The van der Waals surface area contributed by atoms with Crippen molar-refractivity contribution >= 4 is 11.9 Å². The largest absolute Gasteiger partial charge is 0.466 e. The molecular formula is C20H39N3O3. The van der Waals surface area contributed by atoms with Crippen molar-refractivity contribution in [3.05, 3.63) is 0 Å². The highest BCUT2D eigenvalue weighted by atomic mass is 16.5. The number of guanidine groups is 1. The van der Waals surface area contributed by atoms with Crippen molar-refractivity contribution in [2.24, 2.45) is 16.3 Å². The molecule has 0 bridgehead atoms. The van der Waals surface area contributed by atoms with Gasteiger partial charge in [-0.3, -0.25) is 9.79 Å². The molecule has 3 N–H and O–H groups in total. The molecule has 6 nitrogen and oxygen atoms in total. The molecular weight excluding hydrogens is 330 g/mol. The zero-order valence-corrected chi connectivity index (χ0v) is 17.1. The number of aliphatic hydroxyl groups is 1. The second-order valence-electron chi connectivity index (χ2n) is 7.32. The lowest BCUT2D eigenvalue weighted by atomic mass is 9.79. The van der Waals surface area contributed by atoms with Gasteiger partial charge in [-0.15, -0.1) is 0 Å². The van der Waals surface area contributed by atoms with Gasteiger partial charge in [0.15, 0.2) is 5.96 Å². The number of ether oxygens (including phenoxy) is 1. The Morgan fingerprint density at radius 1 is 1.15 bits per heavy atom. The molecule has 0 heterocycles. The molecule has 152 valence electrons. The number of nitrogens with zero attached hydrogens (tertiary/aromatic N) is 1. The minimum absolute atomic E-state index is 0.0462. The third-order valence-electron chi connectivity index (χ3n) is 5.75. The van der Waals surface area contributed by atoms with Crippen LogP contribution < -0.4 is 10.6 Å². The van der Waals surface area contributed by atoms with Crippen molar-refractivity contribution in [1.29, 1.82) is 0 Å². The molecule has 6 heteroatoms. The van der Waals surface area contributed by atoms with Gasteiger partial charge in [-0.05, 0) is 64.2 Å². The number of aliphatic hydroxyl groups excluding tert-OH is 1. The molecule has 0 aromatic carbocycles. The van der Waals surface area contributed by atoms with Gasteiger partial charge in [0.1, 0.15) is 0 Å². The number of nitrogens with one attached hydrogen (secondary N) is 2. The first-order valence-corrected chi connectivity index (χ1v) is 10.4. The molecule has 0 amide bonds. The Balaban J connectivity index is 2.61. The Labute approximate surface area is 159 Å². The van der Waals surface area contributed by atoms with E-state index in [0.29, 0.717) is 19.2 Å². The Morgan fingerprint density at radius 2 is 1.81 bits per heavy atom. The number of carbonyl (C=O) groups is 1. The van der Waals surface area contributed by atoms with Gasteiger partial charge in [0.25, 0.3) is 0 Å². The van der Waals surface area contributed by atoms with Crippen LogP contribution in [-0.4, -0.2) is 49.4 Å². The van der Waals surface area contributed by atoms with Gasteiger partial charge >= 0.3 is 5.97 Å². The second-order valence-corrected chi connectivity index (χ2v) is 7.32. The van der Waals surface area contributed by atoms with Crippen LogP contribution in [0.2, 0.25) is 0 Å². The first kappa shape index (κ1) is 22.7. The summed E-state index contributed by atoms with van der Waals surface area (Å²) < 4.78 is 5.14. The second kappa shape index (κ2) is 12.2. The highest BCUT2D eigenvalue weighted by Gasteiger charge is 2.28. The van der Waals surface area contributed by atoms with Crippen molar-refractivity contribution < 1.29 is 14.6 Å². The van der Waals surface area contributed by atoms with E-state index in [1.54, 1.807) is 0 Å². The molecule has 1 aliphatic rings. The first-order chi connectivity index (χ1) is 12.5. The van der Waals surface area contributed by atoms with Gasteiger partial charge < -0.3 is 20.5 Å². The van der Waals surface area contributed by atoms with Crippen molar-refractivity contribution in [3.8, 4) is 0 Å². The van der Waals surface area contributed by atoms with Crippen LogP contribution in [0, 0.1) is 11.3 Å². The Hall–Kier alpha value is -1.30. The van der Waals surface area contributed by atoms with Crippen LogP contribution in [0.4, 0.5) is 0 Å². The highest BCUT2D eigenvalue weighted by molar-refractivity contribution is 5.80. The summed E-state index contributed by atoms with van der Waals surface area (Å²) in [6.45, 7) is 10.5. The Bertz CT molecular complexity index is 428. The zero-order valence-electron chi connectivity index (χ0n) is 17.1. The summed E-state index contributed by atoms with van der Waals surface area (Å²) in [4.78, 5) is 16.7. The summed E-state index contributed by atoms with van der Waals surface area (Å²) in [6.07, 6.45) is 6.46. The molecule has 1 rings (SSSR count). The Kier molecular flexibility index (Phi) is 10.6. The molecule has 1 fully saturated rings. The van der Waals surface area contributed by atoms with E-state index in [1.807, 2.05) is 6.92 Å². The predicted octanol–water partition coefficient (Wildman–Crippen LogP) is 2.85. The van der Waals surface area contributed by atoms with E-state index in [4.69, 9.17) is 9.73 Å². The van der Waals surface area contributed by atoms with E-state index in [2.05, 4.69) is 31.4 Å². The topological polar surface area (TPSA) is 83.0 Å². The fourth-order valence-electron chi connectivity index (χ4n) is 3.64.